The van der Waals surface area contributed by atoms with Crippen molar-refractivity contribution in [2.75, 3.05) is 0 Å². The molecule has 0 aliphatic carbocycles. The molecule has 2 saturated heterocycles. The van der Waals surface area contributed by atoms with Crippen LogP contribution in [0.3, 0.4) is 0 Å². The molecule has 4 unspecified atom stereocenters. The SMILES string of the molecule is O=C1C2C(/C=C/c3ccccc3)NC(C(=O)O)(c3ccccc3)C2C(=O)N1Cc1ccccc1. The Kier molecular flexibility index (Phi) is 5.59. The van der Waals surface area contributed by atoms with E-state index in [4.69, 9.17) is 0 Å². The molecule has 3 aromatic rings. The van der Waals surface area contributed by atoms with Gasteiger partial charge in [-0.15, -0.1) is 0 Å². The zero-order chi connectivity index (χ0) is 23.7. The van der Waals surface area contributed by atoms with Gasteiger partial charge < -0.3 is 5.11 Å². The van der Waals surface area contributed by atoms with Gasteiger partial charge in [-0.05, 0) is 16.7 Å². The van der Waals surface area contributed by atoms with Gasteiger partial charge in [0.15, 0.2) is 5.54 Å². The summed E-state index contributed by atoms with van der Waals surface area (Å²) in [5.74, 6) is -3.88. The lowest BCUT2D eigenvalue weighted by Crippen LogP contribution is -2.54. The maximum atomic E-state index is 13.7. The van der Waals surface area contributed by atoms with E-state index >= 15 is 0 Å². The number of carbonyl (C=O) groups excluding carboxylic acids is 2. The molecule has 0 spiro atoms. The molecule has 2 aliphatic rings. The lowest BCUT2D eigenvalue weighted by Gasteiger charge is -2.31. The molecule has 2 aliphatic heterocycles. The molecule has 6 heteroatoms. The first-order chi connectivity index (χ1) is 16.5. The highest BCUT2D eigenvalue weighted by molar-refractivity contribution is 6.09. The molecular weight excluding hydrogens is 428 g/mol. The number of imide groups is 1. The number of nitrogens with zero attached hydrogens (tertiary/aromatic N) is 1. The van der Waals surface area contributed by atoms with E-state index in [9.17, 15) is 19.5 Å². The van der Waals surface area contributed by atoms with Crippen LogP contribution in [0.5, 0.6) is 0 Å². The van der Waals surface area contributed by atoms with E-state index in [-0.39, 0.29) is 12.5 Å². The molecule has 0 saturated carbocycles. The van der Waals surface area contributed by atoms with Crippen molar-refractivity contribution in [3.8, 4) is 0 Å². The van der Waals surface area contributed by atoms with Gasteiger partial charge in [0.1, 0.15) is 0 Å². The average Bonchev–Trinajstić information content (AvgIpc) is 3.34. The fraction of sp³-hybridized carbons (Fsp3) is 0.179. The van der Waals surface area contributed by atoms with Gasteiger partial charge in [-0.25, -0.2) is 4.79 Å². The smallest absolute Gasteiger partial charge is 0.329 e. The Balaban J connectivity index is 1.59. The molecule has 2 amide bonds. The minimum atomic E-state index is -1.71. The van der Waals surface area contributed by atoms with Crippen LogP contribution in [0.4, 0.5) is 0 Å². The molecule has 34 heavy (non-hydrogen) atoms. The number of rotatable bonds is 6. The van der Waals surface area contributed by atoms with Crippen LogP contribution in [0.25, 0.3) is 6.08 Å². The Morgan fingerprint density at radius 1 is 0.882 bits per heavy atom. The maximum absolute atomic E-state index is 13.7. The number of carbonyl (C=O) groups is 3. The second kappa shape index (κ2) is 8.72. The molecule has 0 radical (unpaired) electrons. The molecule has 170 valence electrons. The lowest BCUT2D eigenvalue weighted by molar-refractivity contribution is -0.152. The van der Waals surface area contributed by atoms with E-state index in [1.807, 2.05) is 66.7 Å². The summed E-state index contributed by atoms with van der Waals surface area (Å²) in [6, 6.07) is 26.9. The van der Waals surface area contributed by atoms with Crippen LogP contribution >= 0.6 is 0 Å². The quantitative estimate of drug-likeness (QED) is 0.560. The molecule has 2 N–H and O–H groups in total. The molecule has 4 atom stereocenters. The van der Waals surface area contributed by atoms with Gasteiger partial charge in [-0.3, -0.25) is 19.8 Å². The van der Waals surface area contributed by atoms with Crippen LogP contribution in [-0.4, -0.2) is 33.8 Å². The van der Waals surface area contributed by atoms with Crippen LogP contribution in [-0.2, 0) is 26.5 Å². The number of aliphatic carboxylic acids is 1. The van der Waals surface area contributed by atoms with Crippen molar-refractivity contribution < 1.29 is 19.5 Å². The minimum absolute atomic E-state index is 0.116. The summed E-state index contributed by atoms with van der Waals surface area (Å²) in [5.41, 5.74) is 0.478. The highest BCUT2D eigenvalue weighted by atomic mass is 16.4. The maximum Gasteiger partial charge on any atom is 0.329 e. The first kappa shape index (κ1) is 21.8. The van der Waals surface area contributed by atoms with Crippen molar-refractivity contribution in [1.29, 1.82) is 0 Å². The Morgan fingerprint density at radius 2 is 1.47 bits per heavy atom. The third-order valence-corrected chi connectivity index (χ3v) is 6.74. The van der Waals surface area contributed by atoms with Gasteiger partial charge in [0.25, 0.3) is 0 Å². The second-order valence-corrected chi connectivity index (χ2v) is 8.67. The van der Waals surface area contributed by atoms with Crippen molar-refractivity contribution in [2.24, 2.45) is 11.8 Å². The molecule has 6 nitrogen and oxygen atoms in total. The minimum Gasteiger partial charge on any atom is -0.480 e. The Bertz CT molecular complexity index is 1240. The zero-order valence-corrected chi connectivity index (χ0v) is 18.4. The van der Waals surface area contributed by atoms with Crippen molar-refractivity contribution in [2.45, 2.75) is 18.1 Å². The standard InChI is InChI=1S/C28H24N2O4/c31-25-23-22(17-16-19-10-4-1-5-11-19)29-28(27(33)34,21-14-8-3-9-15-21)24(23)26(32)30(25)18-20-12-6-2-7-13-20/h1-17,22-24,29H,18H2,(H,33,34)/b17-16+. The van der Waals surface area contributed by atoms with Gasteiger partial charge in [0.05, 0.1) is 18.4 Å². The summed E-state index contributed by atoms with van der Waals surface area (Å²) in [6.45, 7) is 0.116. The molecule has 2 heterocycles. The number of carboxylic acids is 1. The van der Waals surface area contributed by atoms with Gasteiger partial charge in [-0.2, -0.15) is 0 Å². The van der Waals surface area contributed by atoms with Crippen LogP contribution in [0, 0.1) is 11.8 Å². The highest BCUT2D eigenvalue weighted by Crippen LogP contribution is 2.49. The fourth-order valence-corrected chi connectivity index (χ4v) is 5.16. The number of hydrogen-bond donors (Lipinski definition) is 2. The van der Waals surface area contributed by atoms with Gasteiger partial charge in [0, 0.05) is 6.04 Å². The monoisotopic (exact) mass is 452 g/mol. The Morgan fingerprint density at radius 3 is 2.09 bits per heavy atom. The van der Waals surface area contributed by atoms with Crippen molar-refractivity contribution >= 4 is 23.9 Å². The van der Waals surface area contributed by atoms with Gasteiger partial charge in [0.2, 0.25) is 11.8 Å². The molecule has 5 rings (SSSR count). The highest BCUT2D eigenvalue weighted by Gasteiger charge is 2.68. The first-order valence-corrected chi connectivity index (χ1v) is 11.2. The van der Waals surface area contributed by atoms with E-state index in [0.717, 1.165) is 11.1 Å². The fourth-order valence-electron chi connectivity index (χ4n) is 5.16. The van der Waals surface area contributed by atoms with Crippen LogP contribution in [0.1, 0.15) is 16.7 Å². The lowest BCUT2D eigenvalue weighted by atomic mass is 9.76. The van der Waals surface area contributed by atoms with Crippen LogP contribution < -0.4 is 5.32 Å². The topological polar surface area (TPSA) is 86.7 Å². The van der Waals surface area contributed by atoms with Crippen LogP contribution in [0.2, 0.25) is 0 Å². The number of nitrogens with one attached hydrogen (secondary N) is 1. The van der Waals surface area contributed by atoms with Crippen molar-refractivity contribution in [3.63, 3.8) is 0 Å². The zero-order valence-electron chi connectivity index (χ0n) is 18.4. The summed E-state index contributed by atoms with van der Waals surface area (Å²) in [4.78, 5) is 41.3. The Hall–Kier alpha value is -4.03. The number of benzene rings is 3. The van der Waals surface area contributed by atoms with Crippen LogP contribution in [0.15, 0.2) is 97.1 Å². The number of carboxylic acid groups (broad SMARTS) is 1. The first-order valence-electron chi connectivity index (χ1n) is 11.2. The normalized spacial score (nSPS) is 26.2. The molecule has 2 fully saturated rings. The van der Waals surface area contributed by atoms with Gasteiger partial charge >= 0.3 is 5.97 Å². The van der Waals surface area contributed by atoms with Crippen molar-refractivity contribution in [1.82, 2.24) is 10.2 Å². The number of hydrogen-bond acceptors (Lipinski definition) is 4. The third-order valence-electron chi connectivity index (χ3n) is 6.74. The van der Waals surface area contributed by atoms with E-state index < -0.39 is 35.3 Å². The van der Waals surface area contributed by atoms with E-state index in [2.05, 4.69) is 5.32 Å². The van der Waals surface area contributed by atoms with Crippen molar-refractivity contribution in [3.05, 3.63) is 114 Å². The van der Waals surface area contributed by atoms with Gasteiger partial charge in [-0.1, -0.05) is 103 Å². The summed E-state index contributed by atoms with van der Waals surface area (Å²) in [6.07, 6.45) is 3.66. The molecule has 0 bridgehead atoms. The molecule has 0 aromatic heterocycles. The number of fused-ring (bicyclic) bond motifs is 1. The number of likely N-dealkylation sites (tertiary alicyclic amines) is 1. The summed E-state index contributed by atoms with van der Waals surface area (Å²) in [5, 5.41) is 13.7. The number of amides is 2. The largest absolute Gasteiger partial charge is 0.480 e. The Labute approximate surface area is 197 Å². The predicted octanol–water partition coefficient (Wildman–Crippen LogP) is 3.45. The third kappa shape index (κ3) is 3.53. The van der Waals surface area contributed by atoms with E-state index in [1.54, 1.807) is 36.4 Å². The summed E-state index contributed by atoms with van der Waals surface area (Å²) in [7, 11) is 0. The average molecular weight is 453 g/mol. The van der Waals surface area contributed by atoms with E-state index in [0.29, 0.717) is 5.56 Å². The predicted molar refractivity (Wildman–Crippen MR) is 127 cm³/mol. The second-order valence-electron chi connectivity index (χ2n) is 8.67. The molecule has 3 aromatic carbocycles. The summed E-state index contributed by atoms with van der Waals surface area (Å²) >= 11 is 0. The molecular formula is C28H24N2O4. The summed E-state index contributed by atoms with van der Waals surface area (Å²) < 4.78 is 0. The van der Waals surface area contributed by atoms with E-state index in [1.165, 1.54) is 4.90 Å².